The Labute approximate surface area is 196 Å². The number of piperazine rings is 1. The smallest absolute Gasteiger partial charge is 0.229 e. The molecule has 0 unspecified atom stereocenters. The lowest BCUT2D eigenvalue weighted by Gasteiger charge is -2.27. The number of halogens is 1. The van der Waals surface area contributed by atoms with Gasteiger partial charge in [0.05, 0.1) is 29.0 Å². The summed E-state index contributed by atoms with van der Waals surface area (Å²) in [4.78, 5) is 20.4. The van der Waals surface area contributed by atoms with Crippen molar-refractivity contribution in [1.29, 1.82) is 0 Å². The molecule has 0 saturated carbocycles. The normalized spacial score (nSPS) is 14.2. The molecule has 1 fully saturated rings. The molecule has 3 aromatic heterocycles. The predicted octanol–water partition coefficient (Wildman–Crippen LogP) is 3.73. The minimum Gasteiger partial charge on any atom is -0.493 e. The fraction of sp³-hybridized carbons (Fsp3) is 0.273. The summed E-state index contributed by atoms with van der Waals surface area (Å²) < 4.78 is 6.63. The topological polar surface area (TPSA) is 88.1 Å². The third-order valence-corrected chi connectivity index (χ3v) is 6.07. The molecule has 0 spiro atoms. The number of benzene rings is 1. The molecule has 1 aliphatic heterocycles. The van der Waals surface area contributed by atoms with Gasteiger partial charge in [0.15, 0.2) is 5.75 Å². The molecule has 1 aromatic carbocycles. The second-order valence-electron chi connectivity index (χ2n) is 7.35. The number of methoxy groups -OCH3 is 1. The highest BCUT2D eigenvalue weighted by atomic mass is 35.5. The molecule has 0 aliphatic carbocycles. The third kappa shape index (κ3) is 4.97. The first kappa shape index (κ1) is 22.3. The number of rotatable bonds is 6. The van der Waals surface area contributed by atoms with E-state index in [1.165, 1.54) is 5.56 Å². The zero-order valence-electron chi connectivity index (χ0n) is 17.6. The molecule has 32 heavy (non-hydrogen) atoms. The van der Waals surface area contributed by atoms with Gasteiger partial charge in [-0.25, -0.2) is 19.9 Å². The van der Waals surface area contributed by atoms with E-state index in [4.69, 9.17) is 4.74 Å². The van der Waals surface area contributed by atoms with E-state index in [-0.39, 0.29) is 12.4 Å². The van der Waals surface area contributed by atoms with Crippen LogP contribution in [0.25, 0.3) is 21.5 Å². The Balaban J connectivity index is 0.00000245. The number of anilines is 2. The average molecular weight is 470 g/mol. The number of fused-ring (bicyclic) bond motifs is 1. The number of hydrogen-bond acceptors (Lipinski definition) is 9. The minimum atomic E-state index is 0. The van der Waals surface area contributed by atoms with Gasteiger partial charge in [-0.15, -0.1) is 23.7 Å². The summed E-state index contributed by atoms with van der Waals surface area (Å²) in [5.74, 6) is 1.78. The molecule has 4 aromatic rings. The molecule has 1 saturated heterocycles. The maximum Gasteiger partial charge on any atom is 0.229 e. The van der Waals surface area contributed by atoms with Crippen LogP contribution >= 0.6 is 23.7 Å². The van der Waals surface area contributed by atoms with E-state index in [0.717, 1.165) is 48.5 Å². The SMILES string of the molecule is COc1cnc(Nc2ccc(CN3CCNCC3)cn2)nc1-c1ccc2scnc2c1.Cl. The summed E-state index contributed by atoms with van der Waals surface area (Å²) in [7, 11) is 1.62. The first-order valence-electron chi connectivity index (χ1n) is 10.2. The lowest BCUT2D eigenvalue weighted by molar-refractivity contribution is 0.233. The molecule has 10 heteroatoms. The summed E-state index contributed by atoms with van der Waals surface area (Å²) in [6.45, 7) is 5.13. The molecule has 2 N–H and O–H groups in total. The Kier molecular flexibility index (Phi) is 7.11. The van der Waals surface area contributed by atoms with E-state index < -0.39 is 0 Å². The molecule has 1 aliphatic rings. The van der Waals surface area contributed by atoms with Gasteiger partial charge in [0, 0.05) is 44.5 Å². The van der Waals surface area contributed by atoms with Crippen molar-refractivity contribution in [2.75, 3.05) is 38.6 Å². The molecule has 0 amide bonds. The van der Waals surface area contributed by atoms with Crippen molar-refractivity contribution >= 4 is 45.7 Å². The Morgan fingerprint density at radius 3 is 2.75 bits per heavy atom. The largest absolute Gasteiger partial charge is 0.493 e. The number of hydrogen-bond donors (Lipinski definition) is 2. The van der Waals surface area contributed by atoms with Gasteiger partial charge in [-0.2, -0.15) is 0 Å². The molecule has 0 atom stereocenters. The average Bonchev–Trinajstić information content (AvgIpc) is 3.29. The number of nitrogens with zero attached hydrogens (tertiary/aromatic N) is 5. The molecule has 4 heterocycles. The van der Waals surface area contributed by atoms with E-state index in [2.05, 4.69) is 47.6 Å². The zero-order chi connectivity index (χ0) is 21.0. The molecular formula is C22H24ClN7OS. The highest BCUT2D eigenvalue weighted by Crippen LogP contribution is 2.31. The van der Waals surface area contributed by atoms with Crippen LogP contribution < -0.4 is 15.4 Å². The van der Waals surface area contributed by atoms with Crippen LogP contribution in [0.5, 0.6) is 5.75 Å². The molecule has 166 valence electrons. The van der Waals surface area contributed by atoms with E-state index >= 15 is 0 Å². The standard InChI is InChI=1S/C22H23N7OS.ClH/c1-30-18-12-25-22(28-21(18)16-3-4-19-17(10-16)26-14-31-19)27-20-5-2-15(11-24-20)13-29-8-6-23-7-9-29;/h2-5,10-12,14,23H,6-9,13H2,1H3,(H,24,25,27,28);1H. The maximum absolute atomic E-state index is 5.49. The van der Waals surface area contributed by atoms with Gasteiger partial charge in [-0.05, 0) is 23.8 Å². The van der Waals surface area contributed by atoms with Gasteiger partial charge in [-0.3, -0.25) is 4.90 Å². The third-order valence-electron chi connectivity index (χ3n) is 5.26. The Morgan fingerprint density at radius 1 is 1.09 bits per heavy atom. The summed E-state index contributed by atoms with van der Waals surface area (Å²) in [5.41, 5.74) is 5.63. The van der Waals surface area contributed by atoms with Gasteiger partial charge in [0.2, 0.25) is 5.95 Å². The van der Waals surface area contributed by atoms with Gasteiger partial charge in [-0.1, -0.05) is 12.1 Å². The lowest BCUT2D eigenvalue weighted by Crippen LogP contribution is -2.42. The van der Waals surface area contributed by atoms with Gasteiger partial charge in [0.25, 0.3) is 0 Å². The summed E-state index contributed by atoms with van der Waals surface area (Å²) >= 11 is 1.62. The zero-order valence-corrected chi connectivity index (χ0v) is 19.2. The second-order valence-corrected chi connectivity index (χ2v) is 8.23. The number of aromatic nitrogens is 4. The van der Waals surface area contributed by atoms with E-state index in [9.17, 15) is 0 Å². The van der Waals surface area contributed by atoms with Crippen molar-refractivity contribution < 1.29 is 4.74 Å². The van der Waals surface area contributed by atoms with Crippen LogP contribution in [0.1, 0.15) is 5.56 Å². The molecule has 5 rings (SSSR count). The Hall–Kier alpha value is -2.85. The van der Waals surface area contributed by atoms with Crippen LogP contribution in [0, 0.1) is 0 Å². The van der Waals surface area contributed by atoms with Crippen LogP contribution in [0.15, 0.2) is 48.2 Å². The van der Waals surface area contributed by atoms with Crippen LogP contribution in [-0.4, -0.2) is 58.1 Å². The Morgan fingerprint density at radius 2 is 1.97 bits per heavy atom. The van der Waals surface area contributed by atoms with Gasteiger partial charge < -0.3 is 15.4 Å². The van der Waals surface area contributed by atoms with Gasteiger partial charge in [0.1, 0.15) is 11.5 Å². The first-order chi connectivity index (χ1) is 15.3. The molecule has 0 bridgehead atoms. The van der Waals surface area contributed by atoms with E-state index in [0.29, 0.717) is 23.2 Å². The number of nitrogens with one attached hydrogen (secondary N) is 2. The second kappa shape index (κ2) is 10.2. The van der Waals surface area contributed by atoms with Crippen LogP contribution in [0.2, 0.25) is 0 Å². The number of ether oxygens (including phenoxy) is 1. The van der Waals surface area contributed by atoms with E-state index in [1.807, 2.05) is 29.9 Å². The maximum atomic E-state index is 5.49. The van der Waals surface area contributed by atoms with Crippen molar-refractivity contribution in [2.24, 2.45) is 0 Å². The number of thiazole rings is 1. The van der Waals surface area contributed by atoms with Crippen molar-refractivity contribution in [3.63, 3.8) is 0 Å². The molecular weight excluding hydrogens is 446 g/mol. The van der Waals surface area contributed by atoms with E-state index in [1.54, 1.807) is 24.6 Å². The minimum absolute atomic E-state index is 0. The fourth-order valence-electron chi connectivity index (χ4n) is 3.63. The Bertz CT molecular complexity index is 1180. The summed E-state index contributed by atoms with van der Waals surface area (Å²) in [5, 5.41) is 6.58. The number of pyridine rings is 1. The monoisotopic (exact) mass is 469 g/mol. The first-order valence-corrected chi connectivity index (χ1v) is 11.1. The van der Waals surface area contributed by atoms with Crippen molar-refractivity contribution in [2.45, 2.75) is 6.54 Å². The highest BCUT2D eigenvalue weighted by Gasteiger charge is 2.13. The summed E-state index contributed by atoms with van der Waals surface area (Å²) in [6.07, 6.45) is 3.58. The molecule has 8 nitrogen and oxygen atoms in total. The molecule has 0 radical (unpaired) electrons. The fourth-order valence-corrected chi connectivity index (χ4v) is 4.29. The lowest BCUT2D eigenvalue weighted by atomic mass is 10.1. The predicted molar refractivity (Wildman–Crippen MR) is 130 cm³/mol. The van der Waals surface area contributed by atoms with Crippen molar-refractivity contribution in [1.82, 2.24) is 30.2 Å². The van der Waals surface area contributed by atoms with Gasteiger partial charge >= 0.3 is 0 Å². The van der Waals surface area contributed by atoms with Crippen LogP contribution in [-0.2, 0) is 6.54 Å². The van der Waals surface area contributed by atoms with Crippen LogP contribution in [0.3, 0.4) is 0 Å². The quantitative estimate of drug-likeness (QED) is 0.441. The van der Waals surface area contributed by atoms with Crippen molar-refractivity contribution in [3.8, 4) is 17.0 Å². The highest BCUT2D eigenvalue weighted by molar-refractivity contribution is 7.16. The van der Waals surface area contributed by atoms with Crippen LogP contribution in [0.4, 0.5) is 11.8 Å². The summed E-state index contributed by atoms with van der Waals surface area (Å²) in [6, 6.07) is 10.2. The van der Waals surface area contributed by atoms with Crippen molar-refractivity contribution in [3.05, 3.63) is 53.8 Å².